The zero-order valence-corrected chi connectivity index (χ0v) is 19.2. The normalized spacial score (nSPS) is 11.4. The number of anilines is 2. The Balaban J connectivity index is 2.30. The van der Waals surface area contributed by atoms with Crippen molar-refractivity contribution in [2.24, 2.45) is 5.16 Å². The summed E-state index contributed by atoms with van der Waals surface area (Å²) < 4.78 is 0. The molecule has 0 aliphatic rings. The smallest absolute Gasteiger partial charge is 0.117 e. The van der Waals surface area contributed by atoms with Crippen LogP contribution in [0.25, 0.3) is 0 Å². The summed E-state index contributed by atoms with van der Waals surface area (Å²) in [5.74, 6) is 0. The highest BCUT2D eigenvalue weighted by molar-refractivity contribution is 6.12. The van der Waals surface area contributed by atoms with Crippen LogP contribution in [0, 0.1) is 0 Å². The van der Waals surface area contributed by atoms with Gasteiger partial charge in [0.15, 0.2) is 0 Å². The van der Waals surface area contributed by atoms with Gasteiger partial charge >= 0.3 is 0 Å². The van der Waals surface area contributed by atoms with Gasteiger partial charge in [-0.1, -0.05) is 29.4 Å². The molecule has 0 saturated heterocycles. The lowest BCUT2D eigenvalue weighted by Crippen LogP contribution is -2.37. The summed E-state index contributed by atoms with van der Waals surface area (Å²) in [6.45, 7) is 17.6. The predicted octanol–water partition coefficient (Wildman–Crippen LogP) is 6.16. The first kappa shape index (κ1) is 22.8. The first-order valence-electron chi connectivity index (χ1n) is 10.7. The summed E-state index contributed by atoms with van der Waals surface area (Å²) in [7, 11) is 0. The third-order valence-electron chi connectivity index (χ3n) is 5.20. The molecule has 2 rings (SSSR count). The van der Waals surface area contributed by atoms with E-state index in [-0.39, 0.29) is 0 Å². The number of oxime groups is 1. The van der Waals surface area contributed by atoms with Crippen LogP contribution >= 0.6 is 0 Å². The minimum Gasteiger partial charge on any atom is -0.410 e. The van der Waals surface area contributed by atoms with E-state index in [1.165, 1.54) is 11.4 Å². The lowest BCUT2D eigenvalue weighted by atomic mass is 10.0. The summed E-state index contributed by atoms with van der Waals surface area (Å²) in [5, 5.41) is 13.3. The molecule has 4 heteroatoms. The fourth-order valence-electron chi connectivity index (χ4n) is 4.25. The SMILES string of the molecule is CC(C)N(c1ccc(C(=NO)c2ccc(N(C(C)C)C(C)C)cc2)cc1)C(C)C. The maximum atomic E-state index is 9.71. The fourth-order valence-corrected chi connectivity index (χ4v) is 4.25. The van der Waals surface area contributed by atoms with E-state index in [2.05, 4.69) is 94.6 Å². The van der Waals surface area contributed by atoms with Gasteiger partial charge in [0.05, 0.1) is 0 Å². The molecule has 0 radical (unpaired) electrons. The van der Waals surface area contributed by atoms with Crippen molar-refractivity contribution in [2.45, 2.75) is 79.6 Å². The average Bonchev–Trinajstić information content (AvgIpc) is 2.64. The Kier molecular flexibility index (Phi) is 7.72. The Morgan fingerprint density at radius 2 is 0.862 bits per heavy atom. The first-order valence-corrected chi connectivity index (χ1v) is 10.7. The van der Waals surface area contributed by atoms with E-state index in [1.807, 2.05) is 24.3 Å². The first-order chi connectivity index (χ1) is 13.7. The molecule has 0 unspecified atom stereocenters. The van der Waals surface area contributed by atoms with Crippen LogP contribution in [-0.2, 0) is 0 Å². The second-order valence-corrected chi connectivity index (χ2v) is 8.73. The van der Waals surface area contributed by atoms with Crippen LogP contribution in [0.3, 0.4) is 0 Å². The van der Waals surface area contributed by atoms with E-state index < -0.39 is 0 Å². The van der Waals surface area contributed by atoms with Crippen LogP contribution in [-0.4, -0.2) is 35.1 Å². The van der Waals surface area contributed by atoms with E-state index in [4.69, 9.17) is 0 Å². The molecule has 2 aromatic carbocycles. The van der Waals surface area contributed by atoms with Gasteiger partial charge in [0, 0.05) is 46.7 Å². The molecular weight excluding hydrogens is 358 g/mol. The summed E-state index contributed by atoms with van der Waals surface area (Å²) >= 11 is 0. The third kappa shape index (κ3) is 5.31. The fraction of sp³-hybridized carbons (Fsp3) is 0.480. The van der Waals surface area contributed by atoms with Crippen molar-refractivity contribution in [3.63, 3.8) is 0 Å². The summed E-state index contributed by atoms with van der Waals surface area (Å²) in [5.41, 5.74) is 4.75. The minimum atomic E-state index is 0.421. The largest absolute Gasteiger partial charge is 0.410 e. The van der Waals surface area contributed by atoms with Crippen molar-refractivity contribution in [3.8, 4) is 0 Å². The molecule has 0 fully saturated rings. The molecule has 4 nitrogen and oxygen atoms in total. The van der Waals surface area contributed by atoms with Crippen molar-refractivity contribution in [1.29, 1.82) is 0 Å². The molecule has 29 heavy (non-hydrogen) atoms. The topological polar surface area (TPSA) is 39.1 Å². The lowest BCUT2D eigenvalue weighted by molar-refractivity contribution is 0.319. The molecule has 0 spiro atoms. The van der Waals surface area contributed by atoms with Crippen molar-refractivity contribution >= 4 is 17.1 Å². The zero-order valence-electron chi connectivity index (χ0n) is 19.2. The molecule has 0 aliphatic carbocycles. The van der Waals surface area contributed by atoms with E-state index in [1.54, 1.807) is 0 Å². The predicted molar refractivity (Wildman–Crippen MR) is 126 cm³/mol. The third-order valence-corrected chi connectivity index (χ3v) is 5.20. The molecule has 0 amide bonds. The highest BCUT2D eigenvalue weighted by atomic mass is 16.4. The highest BCUT2D eigenvalue weighted by Crippen LogP contribution is 2.24. The quantitative estimate of drug-likeness (QED) is 0.330. The van der Waals surface area contributed by atoms with Crippen LogP contribution in [0.1, 0.15) is 66.5 Å². The summed E-state index contributed by atoms with van der Waals surface area (Å²) in [6.07, 6.45) is 0. The molecule has 2 aromatic rings. The lowest BCUT2D eigenvalue weighted by Gasteiger charge is -2.33. The van der Waals surface area contributed by atoms with Crippen LogP contribution in [0.15, 0.2) is 53.7 Å². The Labute approximate surface area is 176 Å². The standard InChI is InChI=1S/C25H37N3O/c1-17(2)27(18(3)4)23-13-9-21(10-14-23)25(26-29)22-11-15-24(16-12-22)28(19(5)6)20(7)8/h9-20,29H,1-8H3. The van der Waals surface area contributed by atoms with E-state index >= 15 is 0 Å². The highest BCUT2D eigenvalue weighted by Gasteiger charge is 2.17. The van der Waals surface area contributed by atoms with Crippen molar-refractivity contribution < 1.29 is 5.21 Å². The molecular formula is C25H37N3O. The molecule has 0 heterocycles. The van der Waals surface area contributed by atoms with Crippen LogP contribution in [0.2, 0.25) is 0 Å². The summed E-state index contributed by atoms with van der Waals surface area (Å²) in [4.78, 5) is 4.75. The van der Waals surface area contributed by atoms with Crippen molar-refractivity contribution in [2.75, 3.05) is 9.80 Å². The molecule has 0 atom stereocenters. The van der Waals surface area contributed by atoms with Crippen LogP contribution in [0.5, 0.6) is 0 Å². The number of hydrogen-bond donors (Lipinski definition) is 1. The van der Waals surface area contributed by atoms with Crippen molar-refractivity contribution in [3.05, 3.63) is 59.7 Å². The number of hydrogen-bond acceptors (Lipinski definition) is 4. The molecule has 0 bridgehead atoms. The number of nitrogens with zero attached hydrogens (tertiary/aromatic N) is 3. The Hall–Kier alpha value is -2.49. The minimum absolute atomic E-state index is 0.421. The Morgan fingerprint density at radius 3 is 1.07 bits per heavy atom. The maximum Gasteiger partial charge on any atom is 0.117 e. The van der Waals surface area contributed by atoms with Gasteiger partial charge in [-0.15, -0.1) is 0 Å². The van der Waals surface area contributed by atoms with Gasteiger partial charge in [-0.25, -0.2) is 0 Å². The Bertz CT molecular complexity index is 708. The average molecular weight is 396 g/mol. The van der Waals surface area contributed by atoms with Crippen molar-refractivity contribution in [1.82, 2.24) is 0 Å². The van der Waals surface area contributed by atoms with Gasteiger partial charge in [-0.3, -0.25) is 0 Å². The zero-order chi connectivity index (χ0) is 21.7. The second kappa shape index (κ2) is 9.82. The van der Waals surface area contributed by atoms with Crippen LogP contribution in [0.4, 0.5) is 11.4 Å². The monoisotopic (exact) mass is 395 g/mol. The van der Waals surface area contributed by atoms with Gasteiger partial charge in [0.25, 0.3) is 0 Å². The number of rotatable bonds is 8. The van der Waals surface area contributed by atoms with Gasteiger partial charge < -0.3 is 15.0 Å². The number of benzene rings is 2. The molecule has 0 aliphatic heterocycles. The molecule has 1 N–H and O–H groups in total. The van der Waals surface area contributed by atoms with E-state index in [0.717, 1.165) is 11.1 Å². The summed E-state index contributed by atoms with van der Waals surface area (Å²) in [6, 6.07) is 18.2. The molecule has 158 valence electrons. The van der Waals surface area contributed by atoms with E-state index in [0.29, 0.717) is 29.9 Å². The second-order valence-electron chi connectivity index (χ2n) is 8.73. The van der Waals surface area contributed by atoms with E-state index in [9.17, 15) is 5.21 Å². The molecule has 0 saturated carbocycles. The van der Waals surface area contributed by atoms with Gasteiger partial charge in [-0.2, -0.15) is 0 Å². The van der Waals surface area contributed by atoms with Gasteiger partial charge in [-0.05, 0) is 79.7 Å². The van der Waals surface area contributed by atoms with Gasteiger partial charge in [0.2, 0.25) is 0 Å². The maximum absolute atomic E-state index is 9.71. The van der Waals surface area contributed by atoms with Gasteiger partial charge in [0.1, 0.15) is 5.71 Å². The Morgan fingerprint density at radius 1 is 0.586 bits per heavy atom. The molecule has 0 aromatic heterocycles. The van der Waals surface area contributed by atoms with Crippen LogP contribution < -0.4 is 9.80 Å².